The Hall–Kier alpha value is -2.76. The monoisotopic (exact) mass is 425 g/mol. The average molecular weight is 426 g/mol. The molecule has 4 rings (SSSR count). The number of nitrogens with two attached hydrogens (primary N) is 3. The fourth-order valence-electron chi connectivity index (χ4n) is 4.83. The molecule has 158 valence electrons. The summed E-state index contributed by atoms with van der Waals surface area (Å²) in [5.41, 5.74) is 23.3. The topological polar surface area (TPSA) is 78.1 Å². The van der Waals surface area contributed by atoms with Gasteiger partial charge in [0.05, 0.1) is 0 Å². The minimum atomic E-state index is -2.51. The standard InChI is InChI=1S/C27H31N3Si/c1-20-11-12-27(13-20)31(24-8-2-5-21(14-24)17-28,25-9-3-6-22(15-25)18-29)26-10-4-7-23(16-26)19-30/h2-16,27H,17-19,28-30H2,1H3. The molecule has 0 saturated carbocycles. The Kier molecular flexibility index (Phi) is 6.34. The summed E-state index contributed by atoms with van der Waals surface area (Å²) in [6.07, 6.45) is 7.05. The average Bonchev–Trinajstić information content (AvgIpc) is 3.26. The van der Waals surface area contributed by atoms with Gasteiger partial charge in [0.2, 0.25) is 0 Å². The van der Waals surface area contributed by atoms with Gasteiger partial charge in [-0.1, -0.05) is 96.6 Å². The molecule has 1 unspecified atom stereocenters. The lowest BCUT2D eigenvalue weighted by molar-refractivity contribution is 1.07. The van der Waals surface area contributed by atoms with Gasteiger partial charge in [0.15, 0.2) is 8.07 Å². The molecule has 3 aromatic rings. The van der Waals surface area contributed by atoms with Crippen LogP contribution in [-0.4, -0.2) is 8.07 Å². The second-order valence-electron chi connectivity index (χ2n) is 8.32. The zero-order valence-corrected chi connectivity index (χ0v) is 19.1. The maximum atomic E-state index is 6.06. The van der Waals surface area contributed by atoms with Crippen molar-refractivity contribution in [3.8, 4) is 0 Å². The first-order chi connectivity index (χ1) is 15.1. The Morgan fingerprint density at radius 3 is 1.42 bits per heavy atom. The predicted molar refractivity (Wildman–Crippen MR) is 134 cm³/mol. The second kappa shape index (κ2) is 9.16. The van der Waals surface area contributed by atoms with Gasteiger partial charge in [-0.15, -0.1) is 0 Å². The number of benzene rings is 3. The first-order valence-corrected chi connectivity index (χ1v) is 12.9. The smallest absolute Gasteiger partial charge is 0.158 e. The zero-order valence-electron chi connectivity index (χ0n) is 18.1. The summed E-state index contributed by atoms with van der Waals surface area (Å²) in [7, 11) is -2.51. The Balaban J connectivity index is 2.11. The van der Waals surface area contributed by atoms with Crippen molar-refractivity contribution in [2.75, 3.05) is 0 Å². The largest absolute Gasteiger partial charge is 0.326 e. The van der Waals surface area contributed by atoms with Crippen LogP contribution in [0.3, 0.4) is 0 Å². The molecular formula is C27H31N3Si. The molecule has 3 nitrogen and oxygen atoms in total. The highest BCUT2D eigenvalue weighted by molar-refractivity contribution is 7.13. The van der Waals surface area contributed by atoms with Crippen LogP contribution in [0, 0.1) is 0 Å². The van der Waals surface area contributed by atoms with Gasteiger partial charge >= 0.3 is 0 Å². The van der Waals surface area contributed by atoms with E-state index in [0.29, 0.717) is 25.2 Å². The molecule has 0 radical (unpaired) electrons. The van der Waals surface area contributed by atoms with Crippen molar-refractivity contribution >= 4 is 23.6 Å². The van der Waals surface area contributed by atoms with Gasteiger partial charge in [-0.2, -0.15) is 0 Å². The number of rotatable bonds is 7. The van der Waals surface area contributed by atoms with Gasteiger partial charge in [-0.3, -0.25) is 0 Å². The van der Waals surface area contributed by atoms with E-state index in [9.17, 15) is 0 Å². The normalized spacial score (nSPS) is 15.9. The SMILES string of the molecule is CC1=CC([Si](c2cccc(CN)c2)(c2cccc(CN)c2)c2cccc(CN)c2)C=C1. The van der Waals surface area contributed by atoms with Crippen LogP contribution >= 0.6 is 0 Å². The van der Waals surface area contributed by atoms with E-state index in [4.69, 9.17) is 17.2 Å². The highest BCUT2D eigenvalue weighted by atomic mass is 28.3. The molecule has 0 bridgehead atoms. The summed E-state index contributed by atoms with van der Waals surface area (Å²) < 4.78 is 0. The molecule has 1 aliphatic rings. The van der Waals surface area contributed by atoms with Crippen LogP contribution in [0.5, 0.6) is 0 Å². The summed E-state index contributed by atoms with van der Waals surface area (Å²) >= 11 is 0. The Bertz CT molecular complexity index is 1020. The van der Waals surface area contributed by atoms with Gasteiger partial charge in [0, 0.05) is 25.2 Å². The summed E-state index contributed by atoms with van der Waals surface area (Å²) in [5, 5.41) is 4.08. The van der Waals surface area contributed by atoms with Crippen LogP contribution in [0.4, 0.5) is 0 Å². The van der Waals surface area contributed by atoms with Crippen LogP contribution in [-0.2, 0) is 19.6 Å². The molecule has 1 aliphatic carbocycles. The Labute approximate surface area is 186 Å². The minimum absolute atomic E-state index is 0.293. The lowest BCUT2D eigenvalue weighted by Gasteiger charge is -2.38. The van der Waals surface area contributed by atoms with Crippen LogP contribution in [0.2, 0.25) is 5.54 Å². The van der Waals surface area contributed by atoms with Gasteiger partial charge < -0.3 is 17.2 Å². The van der Waals surface area contributed by atoms with E-state index in [1.165, 1.54) is 21.1 Å². The van der Waals surface area contributed by atoms with Crippen molar-refractivity contribution < 1.29 is 0 Å². The molecule has 1 atom stereocenters. The zero-order chi connectivity index (χ0) is 21.8. The van der Waals surface area contributed by atoms with Crippen molar-refractivity contribution in [1.82, 2.24) is 0 Å². The van der Waals surface area contributed by atoms with Crippen molar-refractivity contribution in [2.45, 2.75) is 32.1 Å². The number of allylic oxidation sites excluding steroid dienone is 4. The number of hydrogen-bond acceptors (Lipinski definition) is 3. The number of hydrogen-bond donors (Lipinski definition) is 3. The molecule has 4 heteroatoms. The molecule has 0 spiro atoms. The summed E-state index contributed by atoms with van der Waals surface area (Å²) in [6, 6.07) is 26.6. The van der Waals surface area contributed by atoms with Crippen molar-refractivity contribution in [1.29, 1.82) is 0 Å². The minimum Gasteiger partial charge on any atom is -0.326 e. The maximum absolute atomic E-state index is 6.06. The first kappa shape index (κ1) is 21.5. The second-order valence-corrected chi connectivity index (χ2v) is 12.3. The molecule has 0 amide bonds. The van der Waals surface area contributed by atoms with E-state index < -0.39 is 8.07 Å². The molecule has 0 fully saturated rings. The van der Waals surface area contributed by atoms with Crippen LogP contribution in [0.25, 0.3) is 0 Å². The first-order valence-electron chi connectivity index (χ1n) is 10.9. The van der Waals surface area contributed by atoms with Gasteiger partial charge in [0.25, 0.3) is 0 Å². The fourth-order valence-corrected chi connectivity index (χ4v) is 10.2. The molecule has 6 N–H and O–H groups in total. The molecule has 31 heavy (non-hydrogen) atoms. The third kappa shape index (κ3) is 3.95. The summed E-state index contributed by atoms with van der Waals surface area (Å²) in [4.78, 5) is 0. The fraction of sp³-hybridized carbons (Fsp3) is 0.185. The van der Waals surface area contributed by atoms with E-state index in [2.05, 4.69) is 97.9 Å². The van der Waals surface area contributed by atoms with E-state index in [0.717, 1.165) is 16.7 Å². The van der Waals surface area contributed by atoms with Gasteiger partial charge in [0.1, 0.15) is 0 Å². The molecule has 0 heterocycles. The Morgan fingerprint density at radius 2 is 1.10 bits per heavy atom. The van der Waals surface area contributed by atoms with Crippen LogP contribution in [0.15, 0.2) is 96.6 Å². The maximum Gasteiger partial charge on any atom is 0.158 e. The quantitative estimate of drug-likeness (QED) is 0.402. The van der Waals surface area contributed by atoms with E-state index >= 15 is 0 Å². The van der Waals surface area contributed by atoms with E-state index in [1.807, 2.05) is 0 Å². The van der Waals surface area contributed by atoms with E-state index in [1.54, 1.807) is 0 Å². The summed E-state index contributed by atoms with van der Waals surface area (Å²) in [6.45, 7) is 3.76. The van der Waals surface area contributed by atoms with Crippen LogP contribution in [0.1, 0.15) is 23.6 Å². The van der Waals surface area contributed by atoms with Gasteiger partial charge in [-0.05, 0) is 39.2 Å². The third-order valence-electron chi connectivity index (χ3n) is 6.36. The molecule has 0 aromatic heterocycles. The van der Waals surface area contributed by atoms with Gasteiger partial charge in [-0.25, -0.2) is 0 Å². The molecule has 0 saturated heterocycles. The third-order valence-corrected chi connectivity index (χ3v) is 11.4. The molecule has 3 aromatic carbocycles. The highest BCUT2D eigenvalue weighted by Crippen LogP contribution is 2.32. The summed E-state index contributed by atoms with van der Waals surface area (Å²) in [5.74, 6) is 0. The van der Waals surface area contributed by atoms with Crippen molar-refractivity contribution in [2.24, 2.45) is 17.2 Å². The highest BCUT2D eigenvalue weighted by Gasteiger charge is 2.45. The van der Waals surface area contributed by atoms with Crippen molar-refractivity contribution in [3.63, 3.8) is 0 Å². The molecule has 0 aliphatic heterocycles. The van der Waals surface area contributed by atoms with E-state index in [-0.39, 0.29) is 0 Å². The van der Waals surface area contributed by atoms with Crippen molar-refractivity contribution in [3.05, 3.63) is 113 Å². The lowest BCUT2D eigenvalue weighted by atomic mass is 10.2. The predicted octanol–water partition coefficient (Wildman–Crippen LogP) is 2.42. The lowest BCUT2D eigenvalue weighted by Crippen LogP contribution is -2.69. The van der Waals surface area contributed by atoms with Crippen LogP contribution < -0.4 is 32.8 Å². The Morgan fingerprint density at radius 1 is 0.677 bits per heavy atom. The molecular weight excluding hydrogens is 394 g/mol.